The number of carbonyl (C=O) groups is 1. The second kappa shape index (κ2) is 10.7. The van der Waals surface area contributed by atoms with Crippen molar-refractivity contribution in [2.75, 3.05) is 6.61 Å². The molecule has 3 atom stereocenters. The number of rotatable bonds is 6. The van der Waals surface area contributed by atoms with Crippen LogP contribution in [0.25, 0.3) is 27.4 Å². The van der Waals surface area contributed by atoms with Crippen LogP contribution in [-0.2, 0) is 25.5 Å². The standard InChI is InChI=1S/C33H22Cl2F3N3O6/c1-31-23(46-30(44)33(36,37)38)14-32(47-31,10-12-45-27-21(35)13-20(34)19-7-4-11-40-26(19)27)25-24(31)28(42)41(29(25)43)22-9-8-16(15-39)17-5-2-3-6-18(17)22/h2-9,11,13,23,42-43H,10,12,14H2,1H3/t23-,31-,32+/m0/s1. The van der Waals surface area contributed by atoms with Crippen LogP contribution in [0.4, 0.5) is 13.2 Å². The third-order valence-corrected chi connectivity index (χ3v) is 9.45. The SMILES string of the molecule is C[C@]12O[C@](CCOc3c(Cl)cc(Cl)c4cccnc34)(C[C@@H]1OC(=O)C(F)(F)F)c1c2c(O)n(-c2ccc(C#N)c3ccccc23)c1O. The Hall–Kier alpha value is -4.70. The van der Waals surface area contributed by atoms with Gasteiger partial charge in [-0.15, -0.1) is 0 Å². The number of benzene rings is 3. The van der Waals surface area contributed by atoms with Crippen LogP contribution in [0.15, 0.2) is 60.8 Å². The number of nitrogens with zero attached hydrogens (tertiary/aromatic N) is 3. The number of aromatic nitrogens is 2. The Balaban J connectivity index is 1.34. The van der Waals surface area contributed by atoms with Crippen LogP contribution < -0.4 is 4.74 Å². The summed E-state index contributed by atoms with van der Waals surface area (Å²) in [5, 5.41) is 35.3. The molecule has 4 heterocycles. The van der Waals surface area contributed by atoms with Gasteiger partial charge >= 0.3 is 12.1 Å². The molecule has 0 unspecified atom stereocenters. The largest absolute Gasteiger partial charge is 0.494 e. The topological polar surface area (TPSA) is 127 Å². The highest BCUT2D eigenvalue weighted by atomic mass is 35.5. The van der Waals surface area contributed by atoms with Gasteiger partial charge in [-0.3, -0.25) is 9.55 Å². The summed E-state index contributed by atoms with van der Waals surface area (Å²) in [6.45, 7) is 1.25. The molecule has 2 bridgehead atoms. The van der Waals surface area contributed by atoms with E-state index in [2.05, 4.69) is 11.1 Å². The third kappa shape index (κ3) is 4.56. The molecule has 0 radical (unpaired) electrons. The summed E-state index contributed by atoms with van der Waals surface area (Å²) in [5.41, 5.74) is -2.26. The van der Waals surface area contributed by atoms with Crippen LogP contribution in [0.1, 0.15) is 36.5 Å². The fourth-order valence-electron chi connectivity index (χ4n) is 6.86. The average molecular weight is 684 g/mol. The normalized spacial score (nSPS) is 21.6. The first-order valence-electron chi connectivity index (χ1n) is 14.2. The molecule has 7 rings (SSSR count). The Kier molecular flexibility index (Phi) is 7.02. The lowest BCUT2D eigenvalue weighted by Crippen LogP contribution is -2.40. The van der Waals surface area contributed by atoms with E-state index in [1.54, 1.807) is 36.4 Å². The van der Waals surface area contributed by atoms with Crippen molar-refractivity contribution in [1.29, 1.82) is 5.26 Å². The van der Waals surface area contributed by atoms with Crippen molar-refractivity contribution in [3.63, 3.8) is 0 Å². The molecule has 9 nitrogen and oxygen atoms in total. The minimum absolute atomic E-state index is 0.0358. The molecule has 0 spiro atoms. The molecule has 240 valence electrons. The Labute approximate surface area is 274 Å². The molecule has 1 saturated heterocycles. The number of ether oxygens (including phenoxy) is 3. The van der Waals surface area contributed by atoms with Gasteiger partial charge in [0, 0.05) is 35.2 Å². The highest BCUT2D eigenvalue weighted by Crippen LogP contribution is 2.66. The molecule has 0 saturated carbocycles. The van der Waals surface area contributed by atoms with Crippen LogP contribution in [-0.4, -0.2) is 44.6 Å². The van der Waals surface area contributed by atoms with E-state index in [-0.39, 0.29) is 41.3 Å². The predicted octanol–water partition coefficient (Wildman–Crippen LogP) is 7.56. The number of halogens is 5. The monoisotopic (exact) mass is 683 g/mol. The lowest BCUT2D eigenvalue weighted by atomic mass is 9.76. The molecule has 2 aromatic heterocycles. The molecule has 2 aliphatic heterocycles. The van der Waals surface area contributed by atoms with Gasteiger partial charge in [-0.05, 0) is 37.3 Å². The lowest BCUT2D eigenvalue weighted by molar-refractivity contribution is -0.211. The summed E-state index contributed by atoms with van der Waals surface area (Å²) in [7, 11) is 0. The van der Waals surface area contributed by atoms with Gasteiger partial charge in [0.2, 0.25) is 11.8 Å². The first kappa shape index (κ1) is 30.9. The second-order valence-electron chi connectivity index (χ2n) is 11.5. The highest BCUT2D eigenvalue weighted by Gasteiger charge is 2.68. The Morgan fingerprint density at radius 1 is 1.09 bits per heavy atom. The minimum Gasteiger partial charge on any atom is -0.494 e. The molecule has 1 fully saturated rings. The maximum atomic E-state index is 13.3. The van der Waals surface area contributed by atoms with E-state index in [9.17, 15) is 33.4 Å². The zero-order valence-corrected chi connectivity index (χ0v) is 25.7. The molecule has 0 amide bonds. The van der Waals surface area contributed by atoms with Crippen molar-refractivity contribution in [3.8, 4) is 29.3 Å². The number of pyridine rings is 1. The number of aromatic hydroxyl groups is 2. The summed E-state index contributed by atoms with van der Waals surface area (Å²) in [4.78, 5) is 16.4. The van der Waals surface area contributed by atoms with Crippen molar-refractivity contribution in [3.05, 3.63) is 87.5 Å². The Bertz CT molecular complexity index is 2180. The van der Waals surface area contributed by atoms with Crippen molar-refractivity contribution < 1.29 is 42.4 Å². The predicted molar refractivity (Wildman–Crippen MR) is 164 cm³/mol. The lowest BCUT2D eigenvalue weighted by Gasteiger charge is -2.30. The molecule has 5 aromatic rings. The van der Waals surface area contributed by atoms with E-state index in [0.29, 0.717) is 37.9 Å². The number of hydrogen-bond donors (Lipinski definition) is 2. The average Bonchev–Trinajstić information content (AvgIpc) is 3.58. The summed E-state index contributed by atoms with van der Waals surface area (Å²) >= 11 is 12.8. The number of alkyl halides is 3. The van der Waals surface area contributed by atoms with Crippen LogP contribution in [0.2, 0.25) is 10.0 Å². The van der Waals surface area contributed by atoms with Crippen molar-refractivity contribution in [2.45, 2.75) is 43.2 Å². The van der Waals surface area contributed by atoms with Gasteiger partial charge < -0.3 is 24.4 Å². The second-order valence-corrected chi connectivity index (χ2v) is 12.3. The van der Waals surface area contributed by atoms with E-state index >= 15 is 0 Å². The van der Waals surface area contributed by atoms with Crippen molar-refractivity contribution in [1.82, 2.24) is 9.55 Å². The first-order chi connectivity index (χ1) is 22.3. The Morgan fingerprint density at radius 3 is 2.51 bits per heavy atom. The number of fused-ring (bicyclic) bond motifs is 7. The van der Waals surface area contributed by atoms with Gasteiger partial charge in [0.05, 0.1) is 45.1 Å². The quantitative estimate of drug-likeness (QED) is 0.176. The summed E-state index contributed by atoms with van der Waals surface area (Å²) in [6.07, 6.45) is -5.61. The van der Waals surface area contributed by atoms with E-state index in [1.165, 1.54) is 31.3 Å². The fraction of sp³-hybridized carbons (Fsp3) is 0.242. The fourth-order valence-corrected chi connectivity index (χ4v) is 7.43. The number of hydrogen-bond acceptors (Lipinski definition) is 8. The Morgan fingerprint density at radius 2 is 1.79 bits per heavy atom. The van der Waals surface area contributed by atoms with Crippen LogP contribution in [0.3, 0.4) is 0 Å². The molecule has 0 aliphatic carbocycles. The number of nitriles is 1. The van der Waals surface area contributed by atoms with Crippen LogP contribution in [0.5, 0.6) is 17.5 Å². The summed E-state index contributed by atoms with van der Waals surface area (Å²) in [5.74, 6) is -3.18. The molecular formula is C33H22Cl2F3N3O6. The van der Waals surface area contributed by atoms with Gasteiger partial charge in [-0.1, -0.05) is 47.5 Å². The third-order valence-electron chi connectivity index (χ3n) is 8.86. The van der Waals surface area contributed by atoms with Gasteiger partial charge in [0.1, 0.15) is 22.8 Å². The molecule has 2 aliphatic rings. The highest BCUT2D eigenvalue weighted by molar-refractivity contribution is 6.39. The van der Waals surface area contributed by atoms with Gasteiger partial charge in [0.25, 0.3) is 0 Å². The van der Waals surface area contributed by atoms with Crippen molar-refractivity contribution in [2.24, 2.45) is 0 Å². The molecule has 3 aromatic carbocycles. The molecule has 14 heteroatoms. The minimum atomic E-state index is -5.28. The maximum Gasteiger partial charge on any atom is 0.490 e. The summed E-state index contributed by atoms with van der Waals surface area (Å²) < 4.78 is 58.6. The number of esters is 1. The van der Waals surface area contributed by atoms with Crippen LogP contribution >= 0.6 is 23.2 Å². The van der Waals surface area contributed by atoms with E-state index in [4.69, 9.17) is 37.4 Å². The zero-order valence-electron chi connectivity index (χ0n) is 24.2. The van der Waals surface area contributed by atoms with E-state index in [0.717, 1.165) is 4.57 Å². The first-order valence-corrected chi connectivity index (χ1v) is 15.0. The molecule has 47 heavy (non-hydrogen) atoms. The maximum absolute atomic E-state index is 13.3. The summed E-state index contributed by atoms with van der Waals surface area (Å²) in [6, 6.07) is 17.0. The number of carbonyl (C=O) groups excluding carboxylic acids is 1. The van der Waals surface area contributed by atoms with Gasteiger partial charge in [-0.2, -0.15) is 18.4 Å². The van der Waals surface area contributed by atoms with Crippen molar-refractivity contribution >= 4 is 50.8 Å². The molecular weight excluding hydrogens is 662 g/mol. The van der Waals surface area contributed by atoms with Gasteiger partial charge in [0.15, 0.2) is 5.75 Å². The van der Waals surface area contributed by atoms with E-state index in [1.807, 2.05) is 0 Å². The zero-order chi connectivity index (χ0) is 33.5. The molecule has 2 N–H and O–H groups in total. The van der Waals surface area contributed by atoms with Gasteiger partial charge in [-0.25, -0.2) is 4.79 Å². The van der Waals surface area contributed by atoms with E-state index < -0.39 is 41.2 Å². The smallest absolute Gasteiger partial charge is 0.490 e. The van der Waals surface area contributed by atoms with Crippen LogP contribution in [0, 0.1) is 11.3 Å².